The highest BCUT2D eigenvalue weighted by atomic mass is 127. The Labute approximate surface area is 192 Å². The Kier molecular flexibility index (Phi) is 8.02. The van der Waals surface area contributed by atoms with Crippen LogP contribution in [0.15, 0.2) is 60.7 Å². The number of hydrogen-bond donors (Lipinski definition) is 0. The molecule has 29 heavy (non-hydrogen) atoms. The van der Waals surface area contributed by atoms with E-state index in [-0.39, 0.29) is 5.04 Å². The van der Waals surface area contributed by atoms with Gasteiger partial charge in [0.1, 0.15) is 0 Å². The third kappa shape index (κ3) is 5.16. The summed E-state index contributed by atoms with van der Waals surface area (Å²) in [6.45, 7) is 8.01. The fraction of sp³-hybridized carbons (Fsp3) is 0.538. The SMILES string of the molecule is CC(C)(C)[Si](OCCC1(CCI)CCCCC1)(c1ccccc1)c1ccccc1. The smallest absolute Gasteiger partial charge is 0.261 e. The molecule has 0 amide bonds. The minimum Gasteiger partial charge on any atom is -0.407 e. The van der Waals surface area contributed by atoms with Crippen LogP contribution in [0.4, 0.5) is 0 Å². The molecule has 0 atom stereocenters. The lowest BCUT2D eigenvalue weighted by Crippen LogP contribution is -2.66. The van der Waals surface area contributed by atoms with Crippen molar-refractivity contribution in [2.45, 2.75) is 70.8 Å². The maximum atomic E-state index is 7.18. The van der Waals surface area contributed by atoms with Gasteiger partial charge in [-0.05, 0) is 46.5 Å². The van der Waals surface area contributed by atoms with Gasteiger partial charge in [0, 0.05) is 11.0 Å². The zero-order valence-corrected chi connectivity index (χ0v) is 21.6. The van der Waals surface area contributed by atoms with E-state index in [2.05, 4.69) is 104 Å². The molecule has 3 rings (SSSR count). The van der Waals surface area contributed by atoms with Gasteiger partial charge >= 0.3 is 0 Å². The Morgan fingerprint density at radius 2 is 1.34 bits per heavy atom. The van der Waals surface area contributed by atoms with Gasteiger partial charge in [-0.3, -0.25) is 0 Å². The fourth-order valence-corrected chi connectivity index (χ4v) is 11.0. The normalized spacial score (nSPS) is 17.2. The molecule has 0 aliphatic heterocycles. The second-order valence-corrected chi connectivity index (χ2v) is 15.1. The van der Waals surface area contributed by atoms with E-state index in [1.54, 1.807) is 0 Å². The van der Waals surface area contributed by atoms with Crippen LogP contribution < -0.4 is 10.4 Å². The zero-order chi connectivity index (χ0) is 20.8. The monoisotopic (exact) mass is 520 g/mol. The van der Waals surface area contributed by atoms with E-state index < -0.39 is 8.32 Å². The Morgan fingerprint density at radius 3 is 1.79 bits per heavy atom. The van der Waals surface area contributed by atoms with E-state index in [0.717, 1.165) is 6.61 Å². The lowest BCUT2D eigenvalue weighted by Gasteiger charge is -2.44. The highest BCUT2D eigenvalue weighted by Gasteiger charge is 2.50. The van der Waals surface area contributed by atoms with Crippen molar-refractivity contribution in [1.29, 1.82) is 0 Å². The molecular weight excluding hydrogens is 483 g/mol. The van der Waals surface area contributed by atoms with Crippen molar-refractivity contribution in [2.75, 3.05) is 11.0 Å². The summed E-state index contributed by atoms with van der Waals surface area (Å²) in [5.74, 6) is 0. The summed E-state index contributed by atoms with van der Waals surface area (Å²) in [5.41, 5.74) is 0.505. The highest BCUT2D eigenvalue weighted by Crippen LogP contribution is 2.44. The molecule has 1 saturated carbocycles. The van der Waals surface area contributed by atoms with Crippen LogP contribution >= 0.6 is 22.6 Å². The summed E-state index contributed by atoms with van der Waals surface area (Å²) in [6.07, 6.45) is 9.54. The Hall–Kier alpha value is -0.653. The molecular formula is C26H37IOSi. The van der Waals surface area contributed by atoms with Gasteiger partial charge in [0.15, 0.2) is 0 Å². The molecule has 0 spiro atoms. The van der Waals surface area contributed by atoms with Crippen LogP contribution in [-0.4, -0.2) is 19.4 Å². The molecule has 2 aromatic rings. The lowest BCUT2D eigenvalue weighted by molar-refractivity contribution is 0.130. The Bertz CT molecular complexity index is 687. The summed E-state index contributed by atoms with van der Waals surface area (Å²) in [4.78, 5) is 0. The summed E-state index contributed by atoms with van der Waals surface area (Å²) < 4.78 is 8.44. The molecule has 0 saturated heterocycles. The van der Waals surface area contributed by atoms with E-state index >= 15 is 0 Å². The van der Waals surface area contributed by atoms with Crippen LogP contribution in [0.5, 0.6) is 0 Å². The minimum absolute atomic E-state index is 0.0682. The first-order valence-corrected chi connectivity index (χ1v) is 14.7. The van der Waals surface area contributed by atoms with Gasteiger partial charge in [0.25, 0.3) is 8.32 Å². The molecule has 1 nitrogen and oxygen atoms in total. The number of halogens is 1. The Morgan fingerprint density at radius 1 is 0.828 bits per heavy atom. The molecule has 0 heterocycles. The number of benzene rings is 2. The fourth-order valence-electron chi connectivity index (χ4n) is 5.31. The van der Waals surface area contributed by atoms with Gasteiger partial charge in [-0.1, -0.05) is 123 Å². The maximum absolute atomic E-state index is 7.18. The van der Waals surface area contributed by atoms with Crippen LogP contribution in [-0.2, 0) is 4.43 Å². The van der Waals surface area contributed by atoms with Gasteiger partial charge in [0.2, 0.25) is 0 Å². The van der Waals surface area contributed by atoms with Gasteiger partial charge in [-0.2, -0.15) is 0 Å². The molecule has 1 fully saturated rings. The molecule has 158 valence electrons. The summed E-state index contributed by atoms with van der Waals surface area (Å²) in [7, 11) is -2.39. The largest absolute Gasteiger partial charge is 0.407 e. The van der Waals surface area contributed by atoms with Crippen LogP contribution in [0.2, 0.25) is 5.04 Å². The molecule has 0 N–H and O–H groups in total. The topological polar surface area (TPSA) is 9.23 Å². The van der Waals surface area contributed by atoms with Crippen LogP contribution in [0.1, 0.15) is 65.7 Å². The first-order chi connectivity index (χ1) is 13.9. The van der Waals surface area contributed by atoms with Crippen molar-refractivity contribution >= 4 is 41.3 Å². The first-order valence-electron chi connectivity index (χ1n) is 11.2. The van der Waals surface area contributed by atoms with E-state index in [1.165, 1.54) is 59.7 Å². The molecule has 0 aromatic heterocycles. The van der Waals surface area contributed by atoms with Crippen molar-refractivity contribution in [3.63, 3.8) is 0 Å². The highest BCUT2D eigenvalue weighted by molar-refractivity contribution is 14.1. The van der Waals surface area contributed by atoms with Gasteiger partial charge < -0.3 is 4.43 Å². The van der Waals surface area contributed by atoms with Crippen molar-refractivity contribution in [3.05, 3.63) is 60.7 Å². The van der Waals surface area contributed by atoms with Crippen LogP contribution in [0, 0.1) is 5.41 Å². The molecule has 0 radical (unpaired) electrons. The number of alkyl halides is 1. The van der Waals surface area contributed by atoms with Gasteiger partial charge in [0.05, 0.1) is 0 Å². The molecule has 0 bridgehead atoms. The van der Waals surface area contributed by atoms with Crippen molar-refractivity contribution in [2.24, 2.45) is 5.41 Å². The second-order valence-electron chi connectivity index (χ2n) is 9.76. The van der Waals surface area contributed by atoms with Gasteiger partial charge in [-0.15, -0.1) is 0 Å². The maximum Gasteiger partial charge on any atom is 0.261 e. The Balaban J connectivity index is 1.93. The van der Waals surface area contributed by atoms with Crippen molar-refractivity contribution < 1.29 is 4.43 Å². The lowest BCUT2D eigenvalue weighted by atomic mass is 9.70. The molecule has 0 unspecified atom stereocenters. The predicted molar refractivity (Wildman–Crippen MR) is 137 cm³/mol. The van der Waals surface area contributed by atoms with E-state index in [1.807, 2.05) is 0 Å². The van der Waals surface area contributed by atoms with Crippen molar-refractivity contribution in [3.8, 4) is 0 Å². The minimum atomic E-state index is -2.39. The summed E-state index contributed by atoms with van der Waals surface area (Å²) in [6, 6.07) is 22.1. The molecule has 1 aliphatic carbocycles. The average Bonchev–Trinajstić information content (AvgIpc) is 2.73. The van der Waals surface area contributed by atoms with Crippen molar-refractivity contribution in [1.82, 2.24) is 0 Å². The van der Waals surface area contributed by atoms with Gasteiger partial charge in [-0.25, -0.2) is 0 Å². The molecule has 2 aromatic carbocycles. The first kappa shape index (κ1) is 23.0. The van der Waals surface area contributed by atoms with Crippen LogP contribution in [0.3, 0.4) is 0 Å². The average molecular weight is 521 g/mol. The number of rotatable bonds is 8. The standard InChI is InChI=1S/C26H37IOSi/c1-25(2,3)29(23-13-7-4-8-14-23,24-15-9-5-10-16-24)28-22-20-26(19-21-27)17-11-6-12-18-26/h4-5,7-10,13-16H,6,11-12,17-22H2,1-3H3. The van der Waals surface area contributed by atoms with Crippen LogP contribution in [0.25, 0.3) is 0 Å². The summed E-state index contributed by atoms with van der Waals surface area (Å²) >= 11 is 2.57. The third-order valence-electron chi connectivity index (χ3n) is 6.91. The summed E-state index contributed by atoms with van der Waals surface area (Å²) in [5, 5.41) is 2.86. The number of hydrogen-bond acceptors (Lipinski definition) is 1. The molecule has 1 aliphatic rings. The van der Waals surface area contributed by atoms with E-state index in [0.29, 0.717) is 5.41 Å². The van der Waals surface area contributed by atoms with E-state index in [4.69, 9.17) is 4.43 Å². The third-order valence-corrected chi connectivity index (χ3v) is 12.5. The zero-order valence-electron chi connectivity index (χ0n) is 18.4. The molecule has 3 heteroatoms. The predicted octanol–water partition coefficient (Wildman–Crippen LogP) is 6.73. The van der Waals surface area contributed by atoms with E-state index in [9.17, 15) is 0 Å². The second kappa shape index (κ2) is 10.1. The quantitative estimate of drug-likeness (QED) is 0.213.